The first-order chi connectivity index (χ1) is 8.34. The van der Waals surface area contributed by atoms with Crippen LogP contribution in [0.2, 0.25) is 0 Å². The largest absolute Gasteiger partial charge is 0.478 e. The highest BCUT2D eigenvalue weighted by Crippen LogP contribution is 2.26. The number of benzene rings is 1. The average Bonchev–Trinajstić information content (AvgIpc) is 2.17. The third-order valence-electron chi connectivity index (χ3n) is 2.67. The molecule has 0 spiro atoms. The Morgan fingerprint density at radius 3 is 2.33 bits per heavy atom. The number of halogens is 2. The number of hydrogen-bond acceptors (Lipinski definition) is 3. The predicted molar refractivity (Wildman–Crippen MR) is 56.7 cm³/mol. The third kappa shape index (κ3) is 1.97. The van der Waals surface area contributed by atoms with Gasteiger partial charge in [0.15, 0.2) is 11.6 Å². The van der Waals surface area contributed by atoms with Gasteiger partial charge in [-0.2, -0.15) is 4.31 Å². The molecule has 18 heavy (non-hydrogen) atoms. The highest BCUT2D eigenvalue weighted by molar-refractivity contribution is 7.89. The fourth-order valence-corrected chi connectivity index (χ4v) is 3.16. The van der Waals surface area contributed by atoms with Crippen molar-refractivity contribution in [3.05, 3.63) is 29.3 Å². The molecule has 1 fully saturated rings. The summed E-state index contributed by atoms with van der Waals surface area (Å²) in [6.07, 6.45) is 0.641. The summed E-state index contributed by atoms with van der Waals surface area (Å²) < 4.78 is 51.4. The van der Waals surface area contributed by atoms with Crippen molar-refractivity contribution in [2.24, 2.45) is 0 Å². The van der Waals surface area contributed by atoms with Crippen LogP contribution in [0.3, 0.4) is 0 Å². The lowest BCUT2D eigenvalue weighted by atomic mass is 10.2. The second kappa shape index (κ2) is 4.29. The first-order valence-electron chi connectivity index (χ1n) is 5.06. The lowest BCUT2D eigenvalue weighted by Crippen LogP contribution is -2.42. The van der Waals surface area contributed by atoms with Crippen molar-refractivity contribution in [1.29, 1.82) is 0 Å². The lowest BCUT2D eigenvalue weighted by molar-refractivity contribution is 0.0696. The lowest BCUT2D eigenvalue weighted by Gasteiger charge is -2.29. The molecule has 0 amide bonds. The molecule has 1 aliphatic heterocycles. The van der Waals surface area contributed by atoms with E-state index in [0.717, 1.165) is 4.31 Å². The van der Waals surface area contributed by atoms with Gasteiger partial charge >= 0.3 is 5.97 Å². The molecule has 1 aromatic rings. The number of carboxylic acid groups (broad SMARTS) is 1. The summed E-state index contributed by atoms with van der Waals surface area (Å²) in [5.41, 5.74) is -0.604. The van der Waals surface area contributed by atoms with E-state index in [2.05, 4.69) is 0 Å². The first-order valence-corrected chi connectivity index (χ1v) is 6.50. The van der Waals surface area contributed by atoms with Gasteiger partial charge in [0.25, 0.3) is 0 Å². The second-order valence-corrected chi connectivity index (χ2v) is 5.74. The summed E-state index contributed by atoms with van der Waals surface area (Å²) in [6, 6.07) is 1.08. The van der Waals surface area contributed by atoms with Crippen molar-refractivity contribution < 1.29 is 27.1 Å². The highest BCUT2D eigenvalue weighted by Gasteiger charge is 2.33. The average molecular weight is 277 g/mol. The molecule has 0 radical (unpaired) electrons. The summed E-state index contributed by atoms with van der Waals surface area (Å²) in [7, 11) is -4.16. The van der Waals surface area contributed by atoms with Crippen molar-refractivity contribution in [1.82, 2.24) is 4.31 Å². The van der Waals surface area contributed by atoms with Crippen molar-refractivity contribution in [2.75, 3.05) is 13.1 Å². The number of sulfonamides is 1. The number of aromatic carboxylic acids is 1. The van der Waals surface area contributed by atoms with E-state index in [-0.39, 0.29) is 13.1 Å². The Balaban J connectivity index is 2.59. The Labute approximate surface area is 102 Å². The molecule has 2 rings (SSSR count). The molecule has 1 aromatic carbocycles. The quantitative estimate of drug-likeness (QED) is 0.896. The molecular formula is C10H9F2NO4S. The molecule has 0 atom stereocenters. The second-order valence-electron chi connectivity index (χ2n) is 3.83. The van der Waals surface area contributed by atoms with Crippen molar-refractivity contribution in [2.45, 2.75) is 11.3 Å². The van der Waals surface area contributed by atoms with Crippen LogP contribution in [0.1, 0.15) is 16.8 Å². The van der Waals surface area contributed by atoms with Gasteiger partial charge in [0.2, 0.25) is 10.0 Å². The molecule has 98 valence electrons. The minimum atomic E-state index is -4.16. The van der Waals surface area contributed by atoms with Crippen LogP contribution in [-0.4, -0.2) is 36.9 Å². The van der Waals surface area contributed by atoms with E-state index in [4.69, 9.17) is 5.11 Å². The highest BCUT2D eigenvalue weighted by atomic mass is 32.2. The molecule has 0 aromatic heterocycles. The first kappa shape index (κ1) is 12.9. The fourth-order valence-electron chi connectivity index (χ4n) is 1.54. The van der Waals surface area contributed by atoms with E-state index in [0.29, 0.717) is 18.6 Å². The van der Waals surface area contributed by atoms with Gasteiger partial charge in [0.1, 0.15) is 4.90 Å². The van der Waals surface area contributed by atoms with E-state index in [1.54, 1.807) is 0 Å². The van der Waals surface area contributed by atoms with Crippen LogP contribution in [-0.2, 0) is 10.0 Å². The van der Waals surface area contributed by atoms with Crippen LogP contribution in [0.4, 0.5) is 8.78 Å². The van der Waals surface area contributed by atoms with Gasteiger partial charge in [-0.1, -0.05) is 0 Å². The van der Waals surface area contributed by atoms with Gasteiger partial charge in [-0.05, 0) is 18.6 Å². The van der Waals surface area contributed by atoms with E-state index in [1.165, 1.54) is 0 Å². The molecule has 1 saturated heterocycles. The van der Waals surface area contributed by atoms with E-state index < -0.39 is 38.1 Å². The van der Waals surface area contributed by atoms with Crippen molar-refractivity contribution in [3.8, 4) is 0 Å². The molecule has 1 heterocycles. The minimum absolute atomic E-state index is 0.223. The van der Waals surface area contributed by atoms with Crippen LogP contribution in [0.5, 0.6) is 0 Å². The standard InChI is InChI=1S/C10H9F2NO4S/c11-7-4-6(10(14)15)5-8(9(7)12)18(16,17)13-2-1-3-13/h4-5H,1-3H2,(H,14,15). The topological polar surface area (TPSA) is 74.7 Å². The minimum Gasteiger partial charge on any atom is -0.478 e. The zero-order valence-corrected chi connectivity index (χ0v) is 9.88. The van der Waals surface area contributed by atoms with Crippen molar-refractivity contribution in [3.63, 3.8) is 0 Å². The monoisotopic (exact) mass is 277 g/mol. The molecule has 8 heteroatoms. The molecule has 0 aliphatic carbocycles. The molecule has 5 nitrogen and oxygen atoms in total. The van der Waals surface area contributed by atoms with E-state index >= 15 is 0 Å². The van der Waals surface area contributed by atoms with Gasteiger partial charge < -0.3 is 5.11 Å². The zero-order valence-electron chi connectivity index (χ0n) is 9.06. The Morgan fingerprint density at radius 2 is 1.89 bits per heavy atom. The van der Waals surface area contributed by atoms with Gasteiger partial charge in [0, 0.05) is 13.1 Å². The van der Waals surface area contributed by atoms with Gasteiger partial charge in [-0.25, -0.2) is 22.0 Å². The Morgan fingerprint density at radius 1 is 1.28 bits per heavy atom. The smallest absolute Gasteiger partial charge is 0.335 e. The Hall–Kier alpha value is -1.54. The van der Waals surface area contributed by atoms with Gasteiger partial charge in [-0.3, -0.25) is 0 Å². The molecular weight excluding hydrogens is 268 g/mol. The van der Waals surface area contributed by atoms with Gasteiger partial charge in [-0.15, -0.1) is 0 Å². The maximum absolute atomic E-state index is 13.5. The number of carbonyl (C=O) groups is 1. The summed E-state index contributed by atoms with van der Waals surface area (Å²) in [4.78, 5) is 9.77. The third-order valence-corrected chi connectivity index (χ3v) is 4.57. The van der Waals surface area contributed by atoms with E-state index in [9.17, 15) is 22.0 Å². The maximum Gasteiger partial charge on any atom is 0.335 e. The van der Waals surface area contributed by atoms with Crippen LogP contribution in [0.25, 0.3) is 0 Å². The number of hydrogen-bond donors (Lipinski definition) is 1. The van der Waals surface area contributed by atoms with E-state index in [1.807, 2.05) is 0 Å². The van der Waals surface area contributed by atoms with Crippen LogP contribution in [0.15, 0.2) is 17.0 Å². The van der Waals surface area contributed by atoms with Crippen LogP contribution < -0.4 is 0 Å². The summed E-state index contributed by atoms with van der Waals surface area (Å²) >= 11 is 0. The summed E-state index contributed by atoms with van der Waals surface area (Å²) in [5.74, 6) is -4.56. The normalized spacial score (nSPS) is 16.3. The van der Waals surface area contributed by atoms with Crippen LogP contribution in [0, 0.1) is 11.6 Å². The molecule has 1 aliphatic rings. The maximum atomic E-state index is 13.5. The molecule has 1 N–H and O–H groups in total. The van der Waals surface area contributed by atoms with Crippen molar-refractivity contribution >= 4 is 16.0 Å². The Kier molecular flexibility index (Phi) is 3.07. The summed E-state index contributed by atoms with van der Waals surface area (Å²) in [6.45, 7) is 0.446. The van der Waals surface area contributed by atoms with Gasteiger partial charge in [0.05, 0.1) is 5.56 Å². The molecule has 0 bridgehead atoms. The SMILES string of the molecule is O=C(O)c1cc(F)c(F)c(S(=O)(=O)N2CCC2)c1. The summed E-state index contributed by atoms with van der Waals surface area (Å²) in [5, 5.41) is 8.70. The van der Waals surface area contributed by atoms with Crippen LogP contribution >= 0.6 is 0 Å². The fraction of sp³-hybridized carbons (Fsp3) is 0.300. The number of rotatable bonds is 3. The number of carboxylic acids is 1. The molecule has 0 unspecified atom stereocenters. The zero-order chi connectivity index (χ0) is 13.5. The Bertz CT molecular complexity index is 611. The number of nitrogens with zero attached hydrogens (tertiary/aromatic N) is 1. The predicted octanol–water partition coefficient (Wildman–Crippen LogP) is 1.06. The molecule has 0 saturated carbocycles.